The Morgan fingerprint density at radius 2 is 1.90 bits per heavy atom. The van der Waals surface area contributed by atoms with Crippen LogP contribution in [-0.4, -0.2) is 10.5 Å². The zero-order valence-electron chi connectivity index (χ0n) is 6.13. The van der Waals surface area contributed by atoms with Gasteiger partial charge in [-0.05, 0) is 18.6 Å². The molecule has 54 valence electrons. The quantitative estimate of drug-likeness (QED) is 0.602. The summed E-state index contributed by atoms with van der Waals surface area (Å²) in [6.45, 7) is 1.97. The fourth-order valence-electron chi connectivity index (χ4n) is 0.879. The third-order valence-corrected chi connectivity index (χ3v) is 2.48. The van der Waals surface area contributed by atoms with Crippen LogP contribution in [0.1, 0.15) is 5.56 Å². The number of aryl methyl sites for hydroxylation is 1. The summed E-state index contributed by atoms with van der Waals surface area (Å²) in [7, 11) is -0.841. The molecule has 0 N–H and O–H groups in total. The van der Waals surface area contributed by atoms with Gasteiger partial charge in [-0.15, -0.1) is 0 Å². The minimum Gasteiger partial charge on any atom is -0.255 e. The molecule has 0 aliphatic rings. The molecule has 0 saturated carbocycles. The molecule has 1 aromatic rings. The molecule has 1 unspecified atom stereocenters. The van der Waals surface area contributed by atoms with E-state index in [1.54, 1.807) is 6.26 Å². The molecular weight excluding hydrogens is 144 g/mol. The number of rotatable bonds is 1. The van der Waals surface area contributed by atoms with Crippen LogP contribution in [-0.2, 0) is 10.8 Å². The highest BCUT2D eigenvalue weighted by Crippen LogP contribution is 2.09. The molecule has 1 rings (SSSR count). The van der Waals surface area contributed by atoms with Gasteiger partial charge < -0.3 is 0 Å². The summed E-state index contributed by atoms with van der Waals surface area (Å²) in [5.41, 5.74) is 1.10. The Labute approximate surface area is 63.5 Å². The monoisotopic (exact) mass is 154 g/mol. The minimum absolute atomic E-state index is 0.841. The van der Waals surface area contributed by atoms with Gasteiger partial charge in [-0.1, -0.05) is 18.2 Å². The smallest absolute Gasteiger partial charge is 0.0500 e. The predicted molar refractivity (Wildman–Crippen MR) is 43.5 cm³/mol. The van der Waals surface area contributed by atoms with Crippen LogP contribution in [0.4, 0.5) is 0 Å². The van der Waals surface area contributed by atoms with Crippen molar-refractivity contribution in [3.8, 4) is 0 Å². The number of hydrogen-bond acceptors (Lipinski definition) is 1. The van der Waals surface area contributed by atoms with E-state index in [0.29, 0.717) is 0 Å². The van der Waals surface area contributed by atoms with E-state index in [2.05, 4.69) is 0 Å². The minimum atomic E-state index is -0.841. The zero-order valence-corrected chi connectivity index (χ0v) is 6.94. The van der Waals surface area contributed by atoms with Gasteiger partial charge in [0.2, 0.25) is 0 Å². The van der Waals surface area contributed by atoms with Crippen molar-refractivity contribution in [1.82, 2.24) is 0 Å². The summed E-state index contributed by atoms with van der Waals surface area (Å²) in [5.74, 6) is 0. The fourth-order valence-corrected chi connectivity index (χ4v) is 1.67. The Kier molecular flexibility index (Phi) is 2.22. The van der Waals surface area contributed by atoms with Crippen LogP contribution in [0.15, 0.2) is 29.2 Å². The van der Waals surface area contributed by atoms with E-state index in [0.717, 1.165) is 10.5 Å². The Bertz CT molecular complexity index is 255. The predicted octanol–water partition coefficient (Wildman–Crippen LogP) is 1.73. The average Bonchev–Trinajstić information content (AvgIpc) is 1.88. The lowest BCUT2D eigenvalue weighted by molar-refractivity contribution is 0.686. The molecule has 1 atom stereocenters. The van der Waals surface area contributed by atoms with E-state index in [1.807, 2.05) is 31.2 Å². The molecule has 0 radical (unpaired) electrons. The summed E-state index contributed by atoms with van der Waals surface area (Å²) in [6.07, 6.45) is 1.70. The molecule has 0 heterocycles. The van der Waals surface area contributed by atoms with E-state index >= 15 is 0 Å². The Balaban J connectivity index is 3.15. The number of hydrogen-bond donors (Lipinski definition) is 0. The first kappa shape index (κ1) is 7.48. The molecule has 0 amide bonds. The first-order valence-electron chi connectivity index (χ1n) is 3.11. The fraction of sp³-hybridized carbons (Fsp3) is 0.250. The first-order valence-corrected chi connectivity index (χ1v) is 4.66. The third kappa shape index (κ3) is 1.45. The lowest BCUT2D eigenvalue weighted by Gasteiger charge is -1.98. The van der Waals surface area contributed by atoms with Gasteiger partial charge in [0.25, 0.3) is 0 Å². The summed E-state index contributed by atoms with van der Waals surface area (Å²) in [5, 5.41) is 0. The van der Waals surface area contributed by atoms with Gasteiger partial charge in [-0.25, -0.2) is 0 Å². The van der Waals surface area contributed by atoms with E-state index in [1.165, 1.54) is 0 Å². The van der Waals surface area contributed by atoms with Crippen LogP contribution < -0.4 is 0 Å². The summed E-state index contributed by atoms with van der Waals surface area (Å²) < 4.78 is 11.0. The van der Waals surface area contributed by atoms with E-state index in [9.17, 15) is 4.21 Å². The van der Waals surface area contributed by atoms with Crippen molar-refractivity contribution >= 4 is 10.8 Å². The SMILES string of the molecule is Cc1ccccc1S(C)=O. The van der Waals surface area contributed by atoms with Gasteiger partial charge in [0.15, 0.2) is 0 Å². The number of benzene rings is 1. The maximum atomic E-state index is 11.0. The molecule has 1 aromatic carbocycles. The standard InChI is InChI=1S/C8H10OS/c1-7-5-3-4-6-8(7)10(2)9/h3-6H,1-2H3. The lowest BCUT2D eigenvalue weighted by atomic mass is 10.2. The van der Waals surface area contributed by atoms with Crippen molar-refractivity contribution in [2.45, 2.75) is 11.8 Å². The molecular formula is C8H10OS. The van der Waals surface area contributed by atoms with Crippen LogP contribution in [0.25, 0.3) is 0 Å². The van der Waals surface area contributed by atoms with Crippen molar-refractivity contribution in [1.29, 1.82) is 0 Å². The van der Waals surface area contributed by atoms with Gasteiger partial charge >= 0.3 is 0 Å². The molecule has 0 saturated heterocycles. The molecule has 0 aliphatic carbocycles. The normalized spacial score (nSPS) is 13.0. The van der Waals surface area contributed by atoms with Crippen LogP contribution in [0.2, 0.25) is 0 Å². The molecule has 0 aliphatic heterocycles. The molecule has 0 spiro atoms. The second kappa shape index (κ2) is 2.97. The van der Waals surface area contributed by atoms with Crippen molar-refractivity contribution in [2.24, 2.45) is 0 Å². The molecule has 0 fully saturated rings. The summed E-state index contributed by atoms with van der Waals surface area (Å²) >= 11 is 0. The van der Waals surface area contributed by atoms with Gasteiger partial charge in [-0.3, -0.25) is 4.21 Å². The van der Waals surface area contributed by atoms with Crippen molar-refractivity contribution < 1.29 is 4.21 Å². The largest absolute Gasteiger partial charge is 0.255 e. The molecule has 1 nitrogen and oxygen atoms in total. The highest BCUT2D eigenvalue weighted by Gasteiger charge is 1.98. The summed E-state index contributed by atoms with van der Waals surface area (Å²) in [4.78, 5) is 0.933. The van der Waals surface area contributed by atoms with E-state index in [-0.39, 0.29) is 0 Å². The highest BCUT2D eigenvalue weighted by molar-refractivity contribution is 7.84. The summed E-state index contributed by atoms with van der Waals surface area (Å²) in [6, 6.07) is 7.72. The second-order valence-corrected chi connectivity index (χ2v) is 3.57. The van der Waals surface area contributed by atoms with Crippen LogP contribution in [0, 0.1) is 6.92 Å². The lowest BCUT2D eigenvalue weighted by Crippen LogP contribution is -1.89. The highest BCUT2D eigenvalue weighted by atomic mass is 32.2. The van der Waals surface area contributed by atoms with Crippen LogP contribution in [0.3, 0.4) is 0 Å². The topological polar surface area (TPSA) is 17.1 Å². The van der Waals surface area contributed by atoms with Gasteiger partial charge in [0.05, 0.1) is 10.8 Å². The maximum absolute atomic E-state index is 11.0. The molecule has 10 heavy (non-hydrogen) atoms. The van der Waals surface area contributed by atoms with E-state index < -0.39 is 10.8 Å². The van der Waals surface area contributed by atoms with Crippen molar-refractivity contribution in [3.05, 3.63) is 29.8 Å². The van der Waals surface area contributed by atoms with Crippen LogP contribution in [0.5, 0.6) is 0 Å². The molecule has 0 aromatic heterocycles. The van der Waals surface area contributed by atoms with Crippen LogP contribution >= 0.6 is 0 Å². The van der Waals surface area contributed by atoms with Crippen molar-refractivity contribution in [3.63, 3.8) is 0 Å². The Morgan fingerprint density at radius 1 is 1.30 bits per heavy atom. The average molecular weight is 154 g/mol. The van der Waals surface area contributed by atoms with Gasteiger partial charge in [0, 0.05) is 11.2 Å². The van der Waals surface area contributed by atoms with Gasteiger partial charge in [-0.2, -0.15) is 0 Å². The molecule has 0 bridgehead atoms. The second-order valence-electron chi connectivity index (χ2n) is 2.22. The first-order chi connectivity index (χ1) is 4.72. The van der Waals surface area contributed by atoms with E-state index in [4.69, 9.17) is 0 Å². The Hall–Kier alpha value is -0.630. The zero-order chi connectivity index (χ0) is 7.56. The Morgan fingerprint density at radius 3 is 2.30 bits per heavy atom. The van der Waals surface area contributed by atoms with Gasteiger partial charge in [0.1, 0.15) is 0 Å². The maximum Gasteiger partial charge on any atom is 0.0500 e. The molecule has 2 heteroatoms. The third-order valence-electron chi connectivity index (χ3n) is 1.40. The van der Waals surface area contributed by atoms with Crippen molar-refractivity contribution in [2.75, 3.05) is 6.26 Å².